The summed E-state index contributed by atoms with van der Waals surface area (Å²) < 4.78 is 5.77. The van der Waals surface area contributed by atoms with Gasteiger partial charge in [0.25, 0.3) is 0 Å². The van der Waals surface area contributed by atoms with Gasteiger partial charge >= 0.3 is 0 Å². The Labute approximate surface area is 150 Å². The van der Waals surface area contributed by atoms with Crippen LogP contribution >= 0.6 is 0 Å². The maximum Gasteiger partial charge on any atom is 0.136 e. The highest BCUT2D eigenvalue weighted by molar-refractivity contribution is 5.48. The van der Waals surface area contributed by atoms with Gasteiger partial charge in [0.05, 0.1) is 24.0 Å². The molecule has 0 radical (unpaired) electrons. The molecule has 3 atom stereocenters. The van der Waals surface area contributed by atoms with Crippen LogP contribution in [0.15, 0.2) is 6.33 Å². The average Bonchev–Trinajstić information content (AvgIpc) is 2.52. The summed E-state index contributed by atoms with van der Waals surface area (Å²) in [6.45, 7) is 9.10. The minimum absolute atomic E-state index is 0.234. The molecule has 2 aliphatic heterocycles. The van der Waals surface area contributed by atoms with Crippen molar-refractivity contribution in [3.63, 3.8) is 0 Å². The van der Waals surface area contributed by atoms with Crippen molar-refractivity contribution in [1.82, 2.24) is 19.8 Å². The Hall–Kier alpha value is -1.28. The van der Waals surface area contributed by atoms with Crippen molar-refractivity contribution in [3.8, 4) is 0 Å². The predicted molar refractivity (Wildman–Crippen MR) is 97.8 cm³/mol. The van der Waals surface area contributed by atoms with Gasteiger partial charge in [-0.2, -0.15) is 0 Å². The molecule has 0 aliphatic carbocycles. The van der Waals surface area contributed by atoms with E-state index in [0.717, 1.165) is 44.1 Å². The molecule has 0 amide bonds. The molecule has 140 valence electrons. The number of hydrogen-bond donors (Lipinski definition) is 1. The Morgan fingerprint density at radius 1 is 1.20 bits per heavy atom. The summed E-state index contributed by atoms with van der Waals surface area (Å²) in [7, 11) is 4.02. The summed E-state index contributed by atoms with van der Waals surface area (Å²) in [4.78, 5) is 15.5. The van der Waals surface area contributed by atoms with E-state index in [4.69, 9.17) is 4.74 Å². The number of fused-ring (bicyclic) bond motifs is 1. The van der Waals surface area contributed by atoms with E-state index in [2.05, 4.69) is 33.6 Å². The summed E-state index contributed by atoms with van der Waals surface area (Å²) in [6.07, 6.45) is 2.68. The molecule has 1 saturated heterocycles. The zero-order valence-electron chi connectivity index (χ0n) is 15.9. The quantitative estimate of drug-likeness (QED) is 0.824. The number of aromatic nitrogens is 2. The molecule has 1 N–H and O–H groups in total. The van der Waals surface area contributed by atoms with Crippen LogP contribution in [0, 0.1) is 0 Å². The van der Waals surface area contributed by atoms with Gasteiger partial charge in [-0.05, 0) is 13.8 Å². The van der Waals surface area contributed by atoms with Crippen LogP contribution in [0.25, 0.3) is 0 Å². The molecule has 3 heterocycles. The number of anilines is 1. The zero-order chi connectivity index (χ0) is 18.0. The number of β-amino-alcohol motifs (C(OH)–C–C–N with tert-alkyl or cyclic N) is 1. The lowest BCUT2D eigenvalue weighted by atomic mass is 10.1. The lowest BCUT2D eigenvalue weighted by molar-refractivity contribution is -0.0781. The number of aliphatic hydroxyl groups excluding tert-OH is 1. The van der Waals surface area contributed by atoms with Crippen molar-refractivity contribution in [2.24, 2.45) is 0 Å². The Bertz CT molecular complexity index is 573. The molecule has 0 unspecified atom stereocenters. The van der Waals surface area contributed by atoms with Crippen molar-refractivity contribution >= 4 is 5.82 Å². The first kappa shape index (κ1) is 18.5. The SMILES string of the molecule is C[C@@H]1CN(C[C@H](O)CN2CCc3ncnc(N(C)C)c3C2)C[C@@H](C)O1. The van der Waals surface area contributed by atoms with E-state index in [1.807, 2.05) is 19.0 Å². The van der Waals surface area contributed by atoms with Crippen LogP contribution in [0.1, 0.15) is 25.1 Å². The normalized spacial score (nSPS) is 26.3. The number of hydrogen-bond acceptors (Lipinski definition) is 7. The first-order chi connectivity index (χ1) is 11.9. The van der Waals surface area contributed by atoms with Crippen LogP contribution in [-0.4, -0.2) is 90.0 Å². The largest absolute Gasteiger partial charge is 0.390 e. The van der Waals surface area contributed by atoms with Gasteiger partial charge in [-0.3, -0.25) is 9.80 Å². The third kappa shape index (κ3) is 4.67. The molecule has 7 heteroatoms. The first-order valence-corrected chi connectivity index (χ1v) is 9.20. The van der Waals surface area contributed by atoms with E-state index in [1.165, 1.54) is 5.56 Å². The van der Waals surface area contributed by atoms with Gasteiger partial charge in [0, 0.05) is 65.3 Å². The summed E-state index contributed by atoms with van der Waals surface area (Å²) in [5.41, 5.74) is 2.33. The van der Waals surface area contributed by atoms with E-state index in [-0.39, 0.29) is 18.3 Å². The standard InChI is InChI=1S/C18H31N5O2/c1-13-7-23(8-14(2)25-13)10-15(24)9-22-6-5-17-16(11-22)18(21(3)4)20-12-19-17/h12-15,24H,5-11H2,1-4H3/t13-,14-,15-/m1/s1. The van der Waals surface area contributed by atoms with Crippen molar-refractivity contribution in [3.05, 3.63) is 17.6 Å². The van der Waals surface area contributed by atoms with Crippen molar-refractivity contribution in [2.45, 2.75) is 45.1 Å². The monoisotopic (exact) mass is 349 g/mol. The van der Waals surface area contributed by atoms with Crippen LogP contribution in [0.4, 0.5) is 5.82 Å². The molecule has 7 nitrogen and oxygen atoms in total. The van der Waals surface area contributed by atoms with Crippen LogP contribution in [-0.2, 0) is 17.7 Å². The van der Waals surface area contributed by atoms with Gasteiger partial charge in [0.1, 0.15) is 12.1 Å². The first-order valence-electron chi connectivity index (χ1n) is 9.20. The number of nitrogens with zero attached hydrogens (tertiary/aromatic N) is 5. The molecule has 0 saturated carbocycles. The second-order valence-electron chi connectivity index (χ2n) is 7.63. The fraction of sp³-hybridized carbons (Fsp3) is 0.778. The third-order valence-corrected chi connectivity index (χ3v) is 4.92. The smallest absolute Gasteiger partial charge is 0.136 e. The molecule has 1 aromatic rings. The number of ether oxygens (including phenoxy) is 1. The Kier molecular flexibility index (Phi) is 5.89. The number of morpholine rings is 1. The summed E-state index contributed by atoms with van der Waals surface area (Å²) in [5, 5.41) is 10.6. The fourth-order valence-corrected chi connectivity index (χ4v) is 4.01. The van der Waals surface area contributed by atoms with Gasteiger partial charge in [0.15, 0.2) is 0 Å². The topological polar surface area (TPSA) is 65.0 Å². The number of aliphatic hydroxyl groups is 1. The van der Waals surface area contributed by atoms with Gasteiger partial charge in [-0.25, -0.2) is 9.97 Å². The lowest BCUT2D eigenvalue weighted by Gasteiger charge is -2.37. The number of rotatable bonds is 5. The fourth-order valence-electron chi connectivity index (χ4n) is 4.01. The van der Waals surface area contributed by atoms with E-state index in [0.29, 0.717) is 13.1 Å². The Balaban J connectivity index is 1.57. The third-order valence-electron chi connectivity index (χ3n) is 4.92. The van der Waals surface area contributed by atoms with Gasteiger partial charge in [0.2, 0.25) is 0 Å². The highest BCUT2D eigenvalue weighted by Gasteiger charge is 2.26. The van der Waals surface area contributed by atoms with Crippen molar-refractivity contribution in [1.29, 1.82) is 0 Å². The molecule has 3 rings (SSSR count). The molecule has 0 bridgehead atoms. The summed E-state index contributed by atoms with van der Waals surface area (Å²) in [5.74, 6) is 0.986. The van der Waals surface area contributed by atoms with E-state index in [1.54, 1.807) is 6.33 Å². The second-order valence-corrected chi connectivity index (χ2v) is 7.63. The molecule has 25 heavy (non-hydrogen) atoms. The van der Waals surface area contributed by atoms with Gasteiger partial charge < -0.3 is 14.7 Å². The Morgan fingerprint density at radius 3 is 2.56 bits per heavy atom. The predicted octanol–water partition coefficient (Wildman–Crippen LogP) is 0.371. The summed E-state index contributed by atoms with van der Waals surface area (Å²) >= 11 is 0. The van der Waals surface area contributed by atoms with Crippen molar-refractivity contribution < 1.29 is 9.84 Å². The van der Waals surface area contributed by atoms with E-state index >= 15 is 0 Å². The highest BCUT2D eigenvalue weighted by atomic mass is 16.5. The van der Waals surface area contributed by atoms with E-state index < -0.39 is 0 Å². The van der Waals surface area contributed by atoms with Crippen LogP contribution in [0.2, 0.25) is 0 Å². The molecule has 1 fully saturated rings. The average molecular weight is 349 g/mol. The van der Waals surface area contributed by atoms with Gasteiger partial charge in [-0.1, -0.05) is 0 Å². The molecular formula is C18H31N5O2. The molecular weight excluding hydrogens is 318 g/mol. The van der Waals surface area contributed by atoms with Crippen LogP contribution in [0.5, 0.6) is 0 Å². The lowest BCUT2D eigenvalue weighted by Crippen LogP contribution is -2.50. The zero-order valence-corrected chi connectivity index (χ0v) is 15.9. The summed E-state index contributed by atoms with van der Waals surface area (Å²) in [6, 6.07) is 0. The minimum atomic E-state index is -0.355. The highest BCUT2D eigenvalue weighted by Crippen LogP contribution is 2.24. The molecule has 2 aliphatic rings. The van der Waals surface area contributed by atoms with Gasteiger partial charge in [-0.15, -0.1) is 0 Å². The van der Waals surface area contributed by atoms with Crippen molar-refractivity contribution in [2.75, 3.05) is 51.7 Å². The minimum Gasteiger partial charge on any atom is -0.390 e. The maximum atomic E-state index is 10.6. The van der Waals surface area contributed by atoms with Crippen LogP contribution < -0.4 is 4.90 Å². The Morgan fingerprint density at radius 2 is 1.88 bits per heavy atom. The molecule has 0 spiro atoms. The second kappa shape index (κ2) is 7.95. The molecule has 0 aromatic carbocycles. The van der Waals surface area contributed by atoms with Crippen LogP contribution in [0.3, 0.4) is 0 Å². The van der Waals surface area contributed by atoms with E-state index in [9.17, 15) is 5.11 Å². The maximum absolute atomic E-state index is 10.6. The molecule has 1 aromatic heterocycles.